The van der Waals surface area contributed by atoms with Crippen LogP contribution in [-0.4, -0.2) is 117 Å². The van der Waals surface area contributed by atoms with E-state index < -0.39 is 27.1 Å². The summed E-state index contributed by atoms with van der Waals surface area (Å²) in [6, 6.07) is 0. The number of likely N-dealkylation sites (N-methyl/N-ethyl adjacent to an activating group) is 2. The van der Waals surface area contributed by atoms with Gasteiger partial charge in [-0.15, -0.1) is 0 Å². The molecule has 10 nitrogen and oxygen atoms in total. The summed E-state index contributed by atoms with van der Waals surface area (Å²) in [5.41, 5.74) is 0. The molecule has 1 atom stereocenters. The van der Waals surface area contributed by atoms with E-state index in [-0.39, 0.29) is 13.2 Å². The Morgan fingerprint density at radius 1 is 0.917 bits per heavy atom. The summed E-state index contributed by atoms with van der Waals surface area (Å²) in [5, 5.41) is 33.3. The molecule has 11 heteroatoms. The van der Waals surface area contributed by atoms with E-state index in [1.807, 2.05) is 0 Å². The van der Waals surface area contributed by atoms with Crippen molar-refractivity contribution in [3.63, 3.8) is 0 Å². The maximum Gasteiger partial charge on any atom is 0.101 e. The van der Waals surface area contributed by atoms with Crippen molar-refractivity contribution in [1.82, 2.24) is 0 Å². The molecule has 1 unspecified atom stereocenters. The van der Waals surface area contributed by atoms with Crippen molar-refractivity contribution in [2.75, 3.05) is 81.8 Å². The van der Waals surface area contributed by atoms with Gasteiger partial charge in [0.1, 0.15) is 19.2 Å². The van der Waals surface area contributed by atoms with Gasteiger partial charge in [-0.25, -0.2) is 0 Å². The van der Waals surface area contributed by atoms with E-state index in [0.29, 0.717) is 0 Å². The molecule has 0 aliphatic rings. The molecule has 0 radical (unpaired) electrons. The molecule has 0 aliphatic carbocycles. The SMILES string of the molecule is C[N+](C)(C)CCO.C[N+](C)(C)CCO.O=P([O-])([O-])OCC(O)CO. The first-order chi connectivity index (χ1) is 10.6. The molecule has 24 heavy (non-hydrogen) atoms. The summed E-state index contributed by atoms with van der Waals surface area (Å²) in [6.07, 6.45) is -1.32. The minimum Gasteiger partial charge on any atom is -0.790 e. The molecule has 150 valence electrons. The third-order valence-electron chi connectivity index (χ3n) is 2.18. The van der Waals surface area contributed by atoms with Crippen LogP contribution in [-0.2, 0) is 9.09 Å². The van der Waals surface area contributed by atoms with Crippen LogP contribution in [0.2, 0.25) is 0 Å². The molecule has 4 N–H and O–H groups in total. The minimum absolute atomic E-state index is 0.281. The van der Waals surface area contributed by atoms with E-state index in [0.717, 1.165) is 22.1 Å². The number of aliphatic hydroxyl groups is 4. The molecule has 0 fully saturated rings. The first-order valence-corrected chi connectivity index (χ1v) is 8.82. The molecule has 0 aromatic rings. The highest BCUT2D eigenvalue weighted by molar-refractivity contribution is 7.43. The normalized spacial score (nSPS) is 13.3. The van der Waals surface area contributed by atoms with Gasteiger partial charge in [0, 0.05) is 0 Å². The van der Waals surface area contributed by atoms with Gasteiger partial charge in [0.15, 0.2) is 0 Å². The number of nitrogens with zero attached hydrogens (tertiary/aromatic N) is 2. The lowest BCUT2D eigenvalue weighted by atomic mass is 10.4. The van der Waals surface area contributed by atoms with Crippen molar-refractivity contribution < 1.29 is 48.3 Å². The molecule has 0 amide bonds. The highest BCUT2D eigenvalue weighted by atomic mass is 31.2. The van der Waals surface area contributed by atoms with Gasteiger partial charge < -0.3 is 48.3 Å². The number of quaternary nitrogens is 2. The van der Waals surface area contributed by atoms with Crippen LogP contribution in [0, 0.1) is 0 Å². The van der Waals surface area contributed by atoms with Crippen molar-refractivity contribution in [1.29, 1.82) is 0 Å². The van der Waals surface area contributed by atoms with Gasteiger partial charge in [0.05, 0.1) is 76.5 Å². The summed E-state index contributed by atoms with van der Waals surface area (Å²) in [5.74, 6) is 0. The molecular formula is C13H35N2O8P. The lowest BCUT2D eigenvalue weighted by molar-refractivity contribution is -0.870. The molecule has 0 aliphatic heterocycles. The van der Waals surface area contributed by atoms with Gasteiger partial charge >= 0.3 is 0 Å². The molecule has 0 rings (SSSR count). The van der Waals surface area contributed by atoms with E-state index in [1.54, 1.807) is 0 Å². The molecule has 0 aromatic carbocycles. The molecule has 0 saturated heterocycles. The maximum absolute atomic E-state index is 9.71. The van der Waals surface area contributed by atoms with Gasteiger partial charge in [-0.1, -0.05) is 0 Å². The van der Waals surface area contributed by atoms with Crippen LogP contribution in [0.3, 0.4) is 0 Å². The summed E-state index contributed by atoms with van der Waals surface area (Å²) >= 11 is 0. The zero-order valence-electron chi connectivity index (χ0n) is 15.6. The second-order valence-electron chi connectivity index (χ2n) is 7.05. The predicted molar refractivity (Wildman–Crippen MR) is 86.6 cm³/mol. The number of phosphoric acid groups is 1. The zero-order chi connectivity index (χ0) is 20.0. The molecule has 0 aromatic heterocycles. The Kier molecular flexibility index (Phi) is 16.8. The van der Waals surface area contributed by atoms with Crippen LogP contribution >= 0.6 is 7.82 Å². The maximum atomic E-state index is 9.71. The second-order valence-corrected chi connectivity index (χ2v) is 8.21. The summed E-state index contributed by atoms with van der Waals surface area (Å²) < 4.78 is 15.0. The van der Waals surface area contributed by atoms with Crippen molar-refractivity contribution in [2.45, 2.75) is 6.10 Å². The molecule has 0 saturated carbocycles. The summed E-state index contributed by atoms with van der Waals surface area (Å²) in [6.45, 7) is 0.897. The Labute approximate surface area is 144 Å². The molecule has 0 heterocycles. The van der Waals surface area contributed by atoms with Crippen molar-refractivity contribution in [2.24, 2.45) is 0 Å². The van der Waals surface area contributed by atoms with Gasteiger partial charge in [-0.05, 0) is 0 Å². The lowest BCUT2D eigenvalue weighted by Gasteiger charge is -2.29. The predicted octanol–water partition coefficient (Wildman–Crippen LogP) is -3.45. The van der Waals surface area contributed by atoms with Gasteiger partial charge in [-0.3, -0.25) is 0 Å². The number of rotatable bonds is 8. The average Bonchev–Trinajstić information content (AvgIpc) is 2.33. The van der Waals surface area contributed by atoms with Crippen molar-refractivity contribution >= 4 is 7.82 Å². The van der Waals surface area contributed by atoms with Crippen LogP contribution in [0.4, 0.5) is 0 Å². The Hall–Kier alpha value is -0.130. The Balaban J connectivity index is -0.000000283. The van der Waals surface area contributed by atoms with Crippen LogP contribution < -0.4 is 9.79 Å². The zero-order valence-corrected chi connectivity index (χ0v) is 16.5. The topological polar surface area (TPSA) is 153 Å². The minimum atomic E-state index is -5.00. The fraction of sp³-hybridized carbons (Fsp3) is 1.00. The third-order valence-corrected chi connectivity index (χ3v) is 2.64. The Morgan fingerprint density at radius 3 is 1.38 bits per heavy atom. The number of aliphatic hydroxyl groups excluding tert-OH is 4. The van der Waals surface area contributed by atoms with Crippen molar-refractivity contribution in [3.05, 3.63) is 0 Å². The first kappa shape index (κ1) is 28.7. The molecular weight excluding hydrogens is 343 g/mol. The van der Waals surface area contributed by atoms with Crippen LogP contribution in [0.5, 0.6) is 0 Å². The smallest absolute Gasteiger partial charge is 0.101 e. The van der Waals surface area contributed by atoms with E-state index in [1.165, 1.54) is 0 Å². The standard InChI is InChI=1S/2C5H14NO.C3H9O6P/c2*1-6(2,3)4-5-7;4-1-3(5)2-9-10(6,7)8/h2*7H,4-5H2,1-3H3;3-5H,1-2H2,(H2,6,7,8)/q2*+1;/p-2. The fourth-order valence-electron chi connectivity index (χ4n) is 0.830. The van der Waals surface area contributed by atoms with E-state index >= 15 is 0 Å². The van der Waals surface area contributed by atoms with E-state index in [4.69, 9.17) is 20.4 Å². The quantitative estimate of drug-likeness (QED) is 0.251. The van der Waals surface area contributed by atoms with Crippen molar-refractivity contribution in [3.8, 4) is 0 Å². The van der Waals surface area contributed by atoms with E-state index in [9.17, 15) is 14.4 Å². The fourth-order valence-corrected chi connectivity index (χ4v) is 1.18. The Bertz CT molecular complexity index is 309. The Morgan fingerprint density at radius 2 is 1.25 bits per heavy atom. The summed E-state index contributed by atoms with van der Waals surface area (Å²) in [4.78, 5) is 19.4. The van der Waals surface area contributed by atoms with Gasteiger partial charge in [0.2, 0.25) is 0 Å². The second kappa shape index (κ2) is 14.1. The highest BCUT2D eigenvalue weighted by Gasteiger charge is 2.03. The van der Waals surface area contributed by atoms with E-state index in [2.05, 4.69) is 46.8 Å². The third kappa shape index (κ3) is 37.8. The van der Waals surface area contributed by atoms with Gasteiger partial charge in [0.25, 0.3) is 0 Å². The lowest BCUT2D eigenvalue weighted by Crippen LogP contribution is -2.36. The summed E-state index contributed by atoms with van der Waals surface area (Å²) in [7, 11) is 7.31. The number of hydrogen-bond donors (Lipinski definition) is 4. The van der Waals surface area contributed by atoms with Gasteiger partial charge in [-0.2, -0.15) is 0 Å². The van der Waals surface area contributed by atoms with Crippen LogP contribution in [0.1, 0.15) is 0 Å². The van der Waals surface area contributed by atoms with Crippen LogP contribution in [0.25, 0.3) is 0 Å². The molecule has 0 spiro atoms. The number of phosphoric ester groups is 1. The monoisotopic (exact) mass is 378 g/mol. The first-order valence-electron chi connectivity index (χ1n) is 7.36. The molecule has 0 bridgehead atoms. The highest BCUT2D eigenvalue weighted by Crippen LogP contribution is 2.24. The van der Waals surface area contributed by atoms with Crippen LogP contribution in [0.15, 0.2) is 0 Å². The largest absolute Gasteiger partial charge is 0.790 e. The average molecular weight is 378 g/mol. The number of hydrogen-bond acceptors (Lipinski definition) is 8.